The number of hydrogen-bond donors (Lipinski definition) is 0. The highest BCUT2D eigenvalue weighted by molar-refractivity contribution is 9.10. The van der Waals surface area contributed by atoms with Gasteiger partial charge in [0, 0.05) is 29.9 Å². The highest BCUT2D eigenvalue weighted by Gasteiger charge is 2.53. The second-order valence-corrected chi connectivity index (χ2v) is 9.74. The SMILES string of the molecule is CO[C@H]1O[C@H](COC(C)=O)[C@@H](OC(=O)c2ccc(Br)cc2)[C@H](OC(C)=O)[C@H]1OC(=O)c1ccc(Br)cc1. The summed E-state index contributed by atoms with van der Waals surface area (Å²) in [6.07, 6.45) is -6.36. The van der Waals surface area contributed by atoms with Gasteiger partial charge in [0.25, 0.3) is 0 Å². The van der Waals surface area contributed by atoms with E-state index < -0.39 is 54.6 Å². The first kappa shape index (κ1) is 28.8. The van der Waals surface area contributed by atoms with Crippen molar-refractivity contribution in [3.8, 4) is 0 Å². The number of esters is 4. The van der Waals surface area contributed by atoms with Crippen LogP contribution in [-0.2, 0) is 38.0 Å². The Labute approximate surface area is 229 Å². The van der Waals surface area contributed by atoms with Crippen LogP contribution in [0, 0.1) is 0 Å². The molecule has 0 N–H and O–H groups in total. The summed E-state index contributed by atoms with van der Waals surface area (Å²) in [6.45, 7) is 2.00. The molecule has 1 heterocycles. The molecule has 0 aromatic heterocycles. The molecule has 0 radical (unpaired) electrons. The molecule has 2 aromatic rings. The lowest BCUT2D eigenvalue weighted by molar-refractivity contribution is -0.295. The first-order valence-corrected chi connectivity index (χ1v) is 12.6. The van der Waals surface area contributed by atoms with Crippen molar-refractivity contribution in [3.05, 3.63) is 68.6 Å². The van der Waals surface area contributed by atoms with Gasteiger partial charge < -0.3 is 28.4 Å². The quantitative estimate of drug-likeness (QED) is 0.310. The highest BCUT2D eigenvalue weighted by Crippen LogP contribution is 2.31. The van der Waals surface area contributed by atoms with E-state index in [1.807, 2.05) is 0 Å². The molecular formula is C25H24Br2O10. The van der Waals surface area contributed by atoms with Crippen molar-refractivity contribution < 1.29 is 47.6 Å². The Balaban J connectivity index is 1.95. The summed E-state index contributed by atoms with van der Waals surface area (Å²) in [7, 11) is 1.30. The van der Waals surface area contributed by atoms with Crippen LogP contribution in [0.4, 0.5) is 0 Å². The Kier molecular flexibility index (Phi) is 10.2. The summed E-state index contributed by atoms with van der Waals surface area (Å²) in [6, 6.07) is 12.7. The molecule has 37 heavy (non-hydrogen) atoms. The Morgan fingerprint density at radius 1 is 0.730 bits per heavy atom. The zero-order valence-electron chi connectivity index (χ0n) is 20.1. The van der Waals surface area contributed by atoms with Crippen molar-refractivity contribution in [2.24, 2.45) is 0 Å². The number of halogens is 2. The summed E-state index contributed by atoms with van der Waals surface area (Å²) in [5.74, 6) is -2.86. The highest BCUT2D eigenvalue weighted by atomic mass is 79.9. The lowest BCUT2D eigenvalue weighted by Crippen LogP contribution is -2.62. The van der Waals surface area contributed by atoms with Crippen LogP contribution in [0.3, 0.4) is 0 Å². The molecule has 5 atom stereocenters. The second-order valence-electron chi connectivity index (χ2n) is 7.91. The van der Waals surface area contributed by atoms with E-state index in [4.69, 9.17) is 28.4 Å². The smallest absolute Gasteiger partial charge is 0.338 e. The minimum absolute atomic E-state index is 0.202. The fourth-order valence-corrected chi connectivity index (χ4v) is 4.08. The Morgan fingerprint density at radius 2 is 1.22 bits per heavy atom. The number of ether oxygens (including phenoxy) is 6. The predicted molar refractivity (Wildman–Crippen MR) is 135 cm³/mol. The molecule has 1 fully saturated rings. The molecule has 12 heteroatoms. The number of carbonyl (C=O) groups excluding carboxylic acids is 4. The fraction of sp³-hybridized carbons (Fsp3) is 0.360. The van der Waals surface area contributed by atoms with Crippen molar-refractivity contribution in [1.82, 2.24) is 0 Å². The van der Waals surface area contributed by atoms with E-state index >= 15 is 0 Å². The third-order valence-corrected chi connectivity index (χ3v) is 6.28. The minimum atomic E-state index is -1.35. The van der Waals surface area contributed by atoms with Crippen LogP contribution >= 0.6 is 31.9 Å². The van der Waals surface area contributed by atoms with Crippen LogP contribution in [0.1, 0.15) is 34.6 Å². The maximum atomic E-state index is 13.0. The molecule has 0 amide bonds. The second kappa shape index (κ2) is 13.1. The molecule has 1 aliphatic heterocycles. The zero-order chi connectivity index (χ0) is 27.1. The normalized spacial score (nSPS) is 23.0. The lowest BCUT2D eigenvalue weighted by atomic mass is 9.98. The van der Waals surface area contributed by atoms with Crippen LogP contribution in [0.15, 0.2) is 57.5 Å². The van der Waals surface area contributed by atoms with E-state index in [1.54, 1.807) is 24.3 Å². The maximum absolute atomic E-state index is 13.0. The van der Waals surface area contributed by atoms with Crippen molar-refractivity contribution in [1.29, 1.82) is 0 Å². The monoisotopic (exact) mass is 642 g/mol. The topological polar surface area (TPSA) is 124 Å². The first-order chi connectivity index (χ1) is 17.6. The summed E-state index contributed by atoms with van der Waals surface area (Å²) in [5.41, 5.74) is 0.415. The molecular weight excluding hydrogens is 620 g/mol. The minimum Gasteiger partial charge on any atom is -0.463 e. The molecule has 1 aliphatic rings. The molecule has 10 nitrogen and oxygen atoms in total. The van der Waals surface area contributed by atoms with E-state index in [-0.39, 0.29) is 17.7 Å². The van der Waals surface area contributed by atoms with Gasteiger partial charge in [-0.2, -0.15) is 0 Å². The van der Waals surface area contributed by atoms with E-state index in [9.17, 15) is 19.2 Å². The summed E-state index contributed by atoms with van der Waals surface area (Å²) < 4.78 is 34.7. The zero-order valence-corrected chi connectivity index (χ0v) is 23.2. The summed E-state index contributed by atoms with van der Waals surface area (Å²) >= 11 is 6.60. The number of methoxy groups -OCH3 is 1. The largest absolute Gasteiger partial charge is 0.463 e. The fourth-order valence-electron chi connectivity index (χ4n) is 3.55. The average molecular weight is 644 g/mol. The molecule has 0 aliphatic carbocycles. The average Bonchev–Trinajstić information content (AvgIpc) is 2.85. The lowest BCUT2D eigenvalue weighted by Gasteiger charge is -2.43. The molecule has 2 aromatic carbocycles. The third kappa shape index (κ3) is 7.84. The molecule has 0 saturated carbocycles. The maximum Gasteiger partial charge on any atom is 0.338 e. The van der Waals surface area contributed by atoms with Gasteiger partial charge in [-0.15, -0.1) is 0 Å². The Hall–Kier alpha value is -2.80. The van der Waals surface area contributed by atoms with Gasteiger partial charge in [-0.3, -0.25) is 9.59 Å². The van der Waals surface area contributed by atoms with E-state index in [0.29, 0.717) is 0 Å². The van der Waals surface area contributed by atoms with Gasteiger partial charge >= 0.3 is 23.9 Å². The van der Waals surface area contributed by atoms with Crippen LogP contribution < -0.4 is 0 Å². The van der Waals surface area contributed by atoms with Crippen molar-refractivity contribution in [2.75, 3.05) is 13.7 Å². The van der Waals surface area contributed by atoms with Gasteiger partial charge in [-0.05, 0) is 48.5 Å². The standard InChI is InChI=1S/C25H24Br2O10/c1-13(28)33-12-19-20(36-23(30)15-4-8-17(26)9-5-15)21(34-14(2)29)22(25(32-3)35-19)37-24(31)16-6-10-18(27)11-7-16/h4-11,19-22,25H,12H2,1-3H3/t19-,20-,21+,22-,25+/m1/s1. The third-order valence-electron chi connectivity index (χ3n) is 5.22. The van der Waals surface area contributed by atoms with Gasteiger partial charge in [-0.25, -0.2) is 9.59 Å². The molecule has 0 spiro atoms. The molecule has 0 bridgehead atoms. The van der Waals surface area contributed by atoms with Gasteiger partial charge in [0.1, 0.15) is 12.7 Å². The van der Waals surface area contributed by atoms with Crippen molar-refractivity contribution >= 4 is 55.7 Å². The number of carbonyl (C=O) groups is 4. The molecule has 198 valence electrons. The van der Waals surface area contributed by atoms with Gasteiger partial charge in [-0.1, -0.05) is 31.9 Å². The van der Waals surface area contributed by atoms with E-state index in [1.165, 1.54) is 38.3 Å². The van der Waals surface area contributed by atoms with Crippen LogP contribution in [0.5, 0.6) is 0 Å². The van der Waals surface area contributed by atoms with E-state index in [0.717, 1.165) is 15.9 Å². The molecule has 0 unspecified atom stereocenters. The predicted octanol–water partition coefficient (Wildman–Crippen LogP) is 3.83. The molecule has 1 saturated heterocycles. The van der Waals surface area contributed by atoms with Crippen molar-refractivity contribution in [2.45, 2.75) is 44.6 Å². The summed E-state index contributed by atoms with van der Waals surface area (Å²) in [4.78, 5) is 49.5. The summed E-state index contributed by atoms with van der Waals surface area (Å²) in [5, 5.41) is 0. The molecule has 3 rings (SSSR count). The van der Waals surface area contributed by atoms with E-state index in [2.05, 4.69) is 31.9 Å². The van der Waals surface area contributed by atoms with Crippen LogP contribution in [0.2, 0.25) is 0 Å². The van der Waals surface area contributed by atoms with Crippen molar-refractivity contribution in [3.63, 3.8) is 0 Å². The number of hydrogen-bond acceptors (Lipinski definition) is 10. The number of benzene rings is 2. The Morgan fingerprint density at radius 3 is 1.65 bits per heavy atom. The Bertz CT molecular complexity index is 1120. The van der Waals surface area contributed by atoms with Gasteiger partial charge in [0.2, 0.25) is 0 Å². The van der Waals surface area contributed by atoms with Crippen LogP contribution in [0.25, 0.3) is 0 Å². The van der Waals surface area contributed by atoms with Gasteiger partial charge in [0.15, 0.2) is 24.6 Å². The first-order valence-electron chi connectivity index (χ1n) is 11.0. The number of rotatable bonds is 8. The van der Waals surface area contributed by atoms with Gasteiger partial charge in [0.05, 0.1) is 11.1 Å². The van der Waals surface area contributed by atoms with Crippen LogP contribution in [-0.4, -0.2) is 68.3 Å².